The van der Waals surface area contributed by atoms with E-state index in [4.69, 9.17) is 0 Å². The third-order valence-corrected chi connectivity index (χ3v) is 5.34. The van der Waals surface area contributed by atoms with Gasteiger partial charge in [-0.15, -0.1) is 0 Å². The maximum atomic E-state index is 13.3. The average molecular weight is 356 g/mol. The van der Waals surface area contributed by atoms with E-state index in [2.05, 4.69) is 24.3 Å². The van der Waals surface area contributed by atoms with Crippen LogP contribution in [0.3, 0.4) is 0 Å². The number of hydrogen-bond donors (Lipinski definition) is 1. The molecule has 0 saturated carbocycles. The molecule has 0 radical (unpaired) electrons. The minimum Gasteiger partial charge on any atom is -0.332 e. The van der Waals surface area contributed by atoms with E-state index in [-0.39, 0.29) is 23.6 Å². The molecule has 0 bridgehead atoms. The summed E-state index contributed by atoms with van der Waals surface area (Å²) in [5.41, 5.74) is 0.271. The van der Waals surface area contributed by atoms with Crippen LogP contribution in [0.25, 0.3) is 10.8 Å². The van der Waals surface area contributed by atoms with E-state index in [1.54, 1.807) is 6.07 Å². The number of hydrogen-bond acceptors (Lipinski definition) is 4. The van der Waals surface area contributed by atoms with E-state index in [0.717, 1.165) is 25.8 Å². The first-order chi connectivity index (χ1) is 12.5. The van der Waals surface area contributed by atoms with E-state index in [1.807, 2.05) is 30.0 Å². The van der Waals surface area contributed by atoms with Crippen molar-refractivity contribution in [3.05, 3.63) is 40.3 Å². The van der Waals surface area contributed by atoms with Crippen molar-refractivity contribution in [3.63, 3.8) is 0 Å². The summed E-state index contributed by atoms with van der Waals surface area (Å²) >= 11 is 0. The molecule has 2 atom stereocenters. The van der Waals surface area contributed by atoms with Crippen LogP contribution in [-0.2, 0) is 6.54 Å². The van der Waals surface area contributed by atoms with Crippen molar-refractivity contribution in [2.24, 2.45) is 0 Å². The van der Waals surface area contributed by atoms with Crippen LogP contribution in [0.4, 0.5) is 0 Å². The van der Waals surface area contributed by atoms with Gasteiger partial charge in [-0.1, -0.05) is 38.0 Å². The van der Waals surface area contributed by atoms with Gasteiger partial charge in [0.1, 0.15) is 0 Å². The topological polar surface area (TPSA) is 67.2 Å². The average Bonchev–Trinajstić information content (AvgIpc) is 2.65. The van der Waals surface area contributed by atoms with Crippen molar-refractivity contribution in [1.82, 2.24) is 20.0 Å². The van der Waals surface area contributed by atoms with Gasteiger partial charge < -0.3 is 10.2 Å². The second kappa shape index (κ2) is 7.99. The van der Waals surface area contributed by atoms with Gasteiger partial charge in [0.15, 0.2) is 5.69 Å². The highest BCUT2D eigenvalue weighted by Crippen LogP contribution is 2.19. The molecule has 0 spiro atoms. The number of amides is 1. The lowest BCUT2D eigenvalue weighted by molar-refractivity contribution is 0.0596. The molecule has 1 aromatic heterocycles. The zero-order valence-electron chi connectivity index (χ0n) is 15.9. The van der Waals surface area contributed by atoms with Gasteiger partial charge in [0.2, 0.25) is 0 Å². The molecule has 1 fully saturated rings. The van der Waals surface area contributed by atoms with Gasteiger partial charge in [0.25, 0.3) is 11.5 Å². The Balaban J connectivity index is 2.04. The lowest BCUT2D eigenvalue weighted by Crippen LogP contribution is -2.57. The Labute approximate surface area is 154 Å². The molecule has 1 N–H and O–H groups in total. The smallest absolute Gasteiger partial charge is 0.275 e. The predicted octanol–water partition coefficient (Wildman–Crippen LogP) is 2.41. The molecule has 140 valence electrons. The standard InChI is InChI=1S/C20H28N4O2/c1-4-5-8-12-24-19(25)17-10-7-6-9-16(17)18(22-24)20(26)23-13-11-21-14(2)15(23)3/h6-7,9-10,14-15,21H,4-5,8,11-13H2,1-3H3. The van der Waals surface area contributed by atoms with Gasteiger partial charge in [-0.3, -0.25) is 9.59 Å². The van der Waals surface area contributed by atoms with Crippen molar-refractivity contribution in [2.45, 2.75) is 58.7 Å². The van der Waals surface area contributed by atoms with Gasteiger partial charge in [0, 0.05) is 37.1 Å². The van der Waals surface area contributed by atoms with Gasteiger partial charge in [-0.05, 0) is 26.3 Å². The molecule has 1 aliphatic rings. The summed E-state index contributed by atoms with van der Waals surface area (Å²) in [5.74, 6) is -0.0914. The Morgan fingerprint density at radius 1 is 1.23 bits per heavy atom. The molecule has 1 saturated heterocycles. The fraction of sp³-hybridized carbons (Fsp3) is 0.550. The molecule has 2 aromatic rings. The molecule has 2 unspecified atom stereocenters. The van der Waals surface area contributed by atoms with E-state index in [1.165, 1.54) is 4.68 Å². The Kier molecular flexibility index (Phi) is 5.71. The van der Waals surface area contributed by atoms with Crippen LogP contribution in [0, 0.1) is 0 Å². The fourth-order valence-electron chi connectivity index (χ4n) is 3.54. The van der Waals surface area contributed by atoms with Gasteiger partial charge in [0.05, 0.1) is 5.39 Å². The quantitative estimate of drug-likeness (QED) is 0.836. The zero-order chi connectivity index (χ0) is 18.7. The first kappa shape index (κ1) is 18.6. The first-order valence-electron chi connectivity index (χ1n) is 9.58. The van der Waals surface area contributed by atoms with Crippen LogP contribution >= 0.6 is 0 Å². The summed E-state index contributed by atoms with van der Waals surface area (Å²) in [6.45, 7) is 8.22. The lowest BCUT2D eigenvalue weighted by atomic mass is 10.0. The first-order valence-corrected chi connectivity index (χ1v) is 9.58. The van der Waals surface area contributed by atoms with Crippen LogP contribution in [-0.4, -0.2) is 45.8 Å². The normalized spacial score (nSPS) is 20.5. The number of fused-ring (bicyclic) bond motifs is 1. The number of benzene rings is 1. The van der Waals surface area contributed by atoms with E-state index in [0.29, 0.717) is 29.6 Å². The van der Waals surface area contributed by atoms with Crippen LogP contribution < -0.4 is 10.9 Å². The van der Waals surface area contributed by atoms with E-state index in [9.17, 15) is 9.59 Å². The molecule has 0 aliphatic carbocycles. The third kappa shape index (κ3) is 3.51. The highest BCUT2D eigenvalue weighted by molar-refractivity contribution is 6.04. The Morgan fingerprint density at radius 2 is 1.96 bits per heavy atom. The molecule has 6 heteroatoms. The summed E-state index contributed by atoms with van der Waals surface area (Å²) in [6.07, 6.45) is 3.00. The summed E-state index contributed by atoms with van der Waals surface area (Å²) in [5, 5.41) is 9.10. The number of unbranched alkanes of at least 4 members (excludes halogenated alkanes) is 2. The lowest BCUT2D eigenvalue weighted by Gasteiger charge is -2.38. The molecule has 6 nitrogen and oxygen atoms in total. The number of carbonyl (C=O) groups is 1. The monoisotopic (exact) mass is 356 g/mol. The third-order valence-electron chi connectivity index (χ3n) is 5.34. The minimum atomic E-state index is -0.116. The maximum Gasteiger partial charge on any atom is 0.275 e. The van der Waals surface area contributed by atoms with Gasteiger partial charge in [-0.25, -0.2) is 4.68 Å². The number of nitrogens with zero attached hydrogens (tertiary/aromatic N) is 3. The summed E-state index contributed by atoms with van der Waals surface area (Å²) in [4.78, 5) is 27.9. The van der Waals surface area contributed by atoms with Crippen LogP contribution in [0.2, 0.25) is 0 Å². The predicted molar refractivity (Wildman–Crippen MR) is 103 cm³/mol. The van der Waals surface area contributed by atoms with Crippen molar-refractivity contribution < 1.29 is 4.79 Å². The highest BCUT2D eigenvalue weighted by atomic mass is 16.2. The minimum absolute atomic E-state index is 0.0808. The zero-order valence-corrected chi connectivity index (χ0v) is 15.9. The number of piperazine rings is 1. The Hall–Kier alpha value is -2.21. The number of carbonyl (C=O) groups excluding carboxylic acids is 1. The maximum absolute atomic E-state index is 13.3. The largest absolute Gasteiger partial charge is 0.332 e. The molecule has 1 aromatic carbocycles. The molecule has 2 heterocycles. The second-order valence-electron chi connectivity index (χ2n) is 7.11. The molecule has 1 amide bonds. The number of aryl methyl sites for hydroxylation is 1. The second-order valence-corrected chi connectivity index (χ2v) is 7.11. The summed E-state index contributed by atoms with van der Waals surface area (Å²) < 4.78 is 1.47. The number of aromatic nitrogens is 2. The Morgan fingerprint density at radius 3 is 2.69 bits per heavy atom. The molecular weight excluding hydrogens is 328 g/mol. The molecule has 26 heavy (non-hydrogen) atoms. The molecule has 1 aliphatic heterocycles. The van der Waals surface area contributed by atoms with Crippen molar-refractivity contribution in [2.75, 3.05) is 13.1 Å². The van der Waals surface area contributed by atoms with Crippen molar-refractivity contribution >= 4 is 16.7 Å². The van der Waals surface area contributed by atoms with Crippen LogP contribution in [0.1, 0.15) is 50.5 Å². The van der Waals surface area contributed by atoms with Crippen LogP contribution in [0.15, 0.2) is 29.1 Å². The number of nitrogens with one attached hydrogen (secondary N) is 1. The van der Waals surface area contributed by atoms with Crippen molar-refractivity contribution in [3.8, 4) is 0 Å². The fourth-order valence-corrected chi connectivity index (χ4v) is 3.54. The Bertz CT molecular complexity index is 845. The number of rotatable bonds is 5. The SMILES string of the molecule is CCCCCn1nc(C(=O)N2CCNC(C)C2C)c2ccccc2c1=O. The molecular formula is C20H28N4O2. The van der Waals surface area contributed by atoms with E-state index < -0.39 is 0 Å². The van der Waals surface area contributed by atoms with Gasteiger partial charge >= 0.3 is 0 Å². The summed E-state index contributed by atoms with van der Waals surface area (Å²) in [7, 11) is 0. The van der Waals surface area contributed by atoms with Crippen LogP contribution in [0.5, 0.6) is 0 Å². The van der Waals surface area contributed by atoms with Gasteiger partial charge in [-0.2, -0.15) is 5.10 Å². The van der Waals surface area contributed by atoms with Crippen molar-refractivity contribution in [1.29, 1.82) is 0 Å². The molecule has 3 rings (SSSR count). The van der Waals surface area contributed by atoms with E-state index >= 15 is 0 Å². The summed E-state index contributed by atoms with van der Waals surface area (Å²) in [6, 6.07) is 7.61. The highest BCUT2D eigenvalue weighted by Gasteiger charge is 2.31.